The molecule has 0 fully saturated rings. The highest BCUT2D eigenvalue weighted by Gasteiger charge is 2.09. The summed E-state index contributed by atoms with van der Waals surface area (Å²) in [5.74, 6) is 1.12. The van der Waals surface area contributed by atoms with Crippen molar-refractivity contribution in [1.82, 2.24) is 5.32 Å². The minimum absolute atomic E-state index is 0.458. The van der Waals surface area contributed by atoms with E-state index in [2.05, 4.69) is 61.0 Å². The highest BCUT2D eigenvalue weighted by molar-refractivity contribution is 7.98. The summed E-state index contributed by atoms with van der Waals surface area (Å²) in [6.45, 7) is 3.17. The Balaban J connectivity index is 2.32. The molecule has 0 aliphatic carbocycles. The van der Waals surface area contributed by atoms with Crippen LogP contribution in [-0.4, -0.2) is 18.6 Å². The van der Waals surface area contributed by atoms with Crippen LogP contribution in [0.5, 0.6) is 0 Å². The fourth-order valence-electron chi connectivity index (χ4n) is 2.11. The first kappa shape index (κ1) is 12.5. The van der Waals surface area contributed by atoms with Crippen LogP contribution in [0.2, 0.25) is 0 Å². The van der Waals surface area contributed by atoms with Gasteiger partial charge in [0.25, 0.3) is 0 Å². The average molecular weight is 245 g/mol. The minimum Gasteiger partial charge on any atom is -0.310 e. The van der Waals surface area contributed by atoms with Crippen molar-refractivity contribution in [3.63, 3.8) is 0 Å². The van der Waals surface area contributed by atoms with Gasteiger partial charge in [-0.2, -0.15) is 11.8 Å². The molecule has 90 valence electrons. The van der Waals surface area contributed by atoms with Gasteiger partial charge >= 0.3 is 0 Å². The zero-order valence-electron chi connectivity index (χ0n) is 10.4. The molecule has 1 nitrogen and oxygen atoms in total. The predicted molar refractivity (Wildman–Crippen MR) is 78.7 cm³/mol. The monoisotopic (exact) mass is 245 g/mol. The maximum absolute atomic E-state index is 3.54. The Morgan fingerprint density at radius 3 is 2.59 bits per heavy atom. The molecule has 0 heterocycles. The van der Waals surface area contributed by atoms with E-state index in [1.807, 2.05) is 11.8 Å². The van der Waals surface area contributed by atoms with Crippen LogP contribution in [0.3, 0.4) is 0 Å². The number of benzene rings is 2. The molecular formula is C15H19NS. The maximum atomic E-state index is 3.54. The second kappa shape index (κ2) is 6.08. The molecule has 2 heteroatoms. The largest absolute Gasteiger partial charge is 0.310 e. The Labute approximate surface area is 108 Å². The molecule has 0 radical (unpaired) electrons. The van der Waals surface area contributed by atoms with Gasteiger partial charge in [0.1, 0.15) is 0 Å². The first-order valence-electron chi connectivity index (χ1n) is 6.06. The topological polar surface area (TPSA) is 12.0 Å². The van der Waals surface area contributed by atoms with E-state index in [9.17, 15) is 0 Å². The highest BCUT2D eigenvalue weighted by atomic mass is 32.2. The van der Waals surface area contributed by atoms with Gasteiger partial charge in [0.2, 0.25) is 0 Å². The fraction of sp³-hybridized carbons (Fsp3) is 0.333. The Bertz CT molecular complexity index is 475. The van der Waals surface area contributed by atoms with Crippen molar-refractivity contribution in [2.24, 2.45) is 0 Å². The van der Waals surface area contributed by atoms with Gasteiger partial charge in [-0.25, -0.2) is 0 Å². The normalized spacial score (nSPS) is 12.8. The van der Waals surface area contributed by atoms with E-state index < -0.39 is 0 Å². The average Bonchev–Trinajstić information content (AvgIpc) is 2.38. The second-order valence-electron chi connectivity index (χ2n) is 4.17. The first-order chi connectivity index (χ1) is 8.35. The lowest BCUT2D eigenvalue weighted by molar-refractivity contribution is 0.607. The summed E-state index contributed by atoms with van der Waals surface area (Å²) in [5, 5.41) is 6.19. The van der Waals surface area contributed by atoms with Crippen molar-refractivity contribution >= 4 is 22.5 Å². The third kappa shape index (κ3) is 3.02. The van der Waals surface area contributed by atoms with Crippen LogP contribution in [0, 0.1) is 0 Å². The number of thioether (sulfide) groups is 1. The molecular weight excluding hydrogens is 226 g/mol. The number of hydrogen-bond acceptors (Lipinski definition) is 2. The number of hydrogen-bond donors (Lipinski definition) is 1. The number of rotatable bonds is 5. The van der Waals surface area contributed by atoms with Crippen molar-refractivity contribution < 1.29 is 0 Å². The molecule has 0 spiro atoms. The fourth-order valence-corrected chi connectivity index (χ4v) is 2.75. The van der Waals surface area contributed by atoms with Gasteiger partial charge in [-0.15, -0.1) is 0 Å². The van der Waals surface area contributed by atoms with Gasteiger partial charge in [0.15, 0.2) is 0 Å². The predicted octanol–water partition coefficient (Wildman–Crippen LogP) is 3.85. The zero-order valence-corrected chi connectivity index (χ0v) is 11.3. The van der Waals surface area contributed by atoms with Gasteiger partial charge < -0.3 is 5.32 Å². The molecule has 0 saturated carbocycles. The van der Waals surface area contributed by atoms with E-state index in [0.29, 0.717) is 6.04 Å². The third-order valence-corrected chi connectivity index (χ3v) is 3.63. The van der Waals surface area contributed by atoms with Crippen LogP contribution in [0.1, 0.15) is 18.5 Å². The van der Waals surface area contributed by atoms with Crippen LogP contribution in [0.15, 0.2) is 42.5 Å². The molecule has 1 N–H and O–H groups in total. The summed E-state index contributed by atoms with van der Waals surface area (Å²) in [7, 11) is 0. The molecule has 2 aromatic carbocycles. The molecule has 0 aliphatic rings. The van der Waals surface area contributed by atoms with Crippen molar-refractivity contribution in [3.05, 3.63) is 48.0 Å². The highest BCUT2D eigenvalue weighted by Crippen LogP contribution is 2.22. The molecule has 2 aromatic rings. The van der Waals surface area contributed by atoms with Crippen molar-refractivity contribution in [2.75, 3.05) is 18.6 Å². The Kier molecular flexibility index (Phi) is 4.46. The molecule has 0 bridgehead atoms. The Morgan fingerprint density at radius 2 is 1.88 bits per heavy atom. The van der Waals surface area contributed by atoms with E-state index in [4.69, 9.17) is 0 Å². The Morgan fingerprint density at radius 1 is 1.12 bits per heavy atom. The lowest BCUT2D eigenvalue weighted by Gasteiger charge is -2.17. The summed E-state index contributed by atoms with van der Waals surface area (Å²) >= 11 is 1.89. The molecule has 0 amide bonds. The molecule has 1 unspecified atom stereocenters. The summed E-state index contributed by atoms with van der Waals surface area (Å²) in [4.78, 5) is 0. The lowest BCUT2D eigenvalue weighted by Crippen LogP contribution is -2.22. The standard InChI is InChI=1S/C15H19NS/c1-3-16-15(11-17-2)14-9-8-12-6-4-5-7-13(12)10-14/h4-10,15-16H,3,11H2,1-2H3. The summed E-state index contributed by atoms with van der Waals surface area (Å²) < 4.78 is 0. The zero-order chi connectivity index (χ0) is 12.1. The smallest absolute Gasteiger partial charge is 0.0411 e. The van der Waals surface area contributed by atoms with E-state index >= 15 is 0 Å². The second-order valence-corrected chi connectivity index (χ2v) is 5.08. The molecule has 17 heavy (non-hydrogen) atoms. The van der Waals surface area contributed by atoms with Crippen molar-refractivity contribution in [3.8, 4) is 0 Å². The van der Waals surface area contributed by atoms with Crippen molar-refractivity contribution in [1.29, 1.82) is 0 Å². The third-order valence-electron chi connectivity index (χ3n) is 2.96. The summed E-state index contributed by atoms with van der Waals surface area (Å²) in [6.07, 6.45) is 2.16. The van der Waals surface area contributed by atoms with Crippen LogP contribution in [-0.2, 0) is 0 Å². The van der Waals surface area contributed by atoms with E-state index in [-0.39, 0.29) is 0 Å². The summed E-state index contributed by atoms with van der Waals surface area (Å²) in [6, 6.07) is 15.8. The lowest BCUT2D eigenvalue weighted by atomic mass is 10.0. The van der Waals surface area contributed by atoms with Crippen molar-refractivity contribution in [2.45, 2.75) is 13.0 Å². The number of fused-ring (bicyclic) bond motifs is 1. The van der Waals surface area contributed by atoms with E-state index in [1.54, 1.807) is 0 Å². The SMILES string of the molecule is CCNC(CSC)c1ccc2ccccc2c1. The molecule has 0 aliphatic heterocycles. The minimum atomic E-state index is 0.458. The van der Waals surface area contributed by atoms with Gasteiger partial charge in [-0.3, -0.25) is 0 Å². The quantitative estimate of drug-likeness (QED) is 0.858. The maximum Gasteiger partial charge on any atom is 0.0411 e. The van der Waals surface area contributed by atoms with Crippen LogP contribution in [0.4, 0.5) is 0 Å². The van der Waals surface area contributed by atoms with Gasteiger partial charge in [-0.1, -0.05) is 43.3 Å². The Hall–Kier alpha value is -0.990. The molecule has 0 aromatic heterocycles. The van der Waals surface area contributed by atoms with Gasteiger partial charge in [-0.05, 0) is 35.2 Å². The van der Waals surface area contributed by atoms with Crippen LogP contribution < -0.4 is 5.32 Å². The molecule has 2 rings (SSSR count). The van der Waals surface area contributed by atoms with E-state index in [0.717, 1.165) is 12.3 Å². The van der Waals surface area contributed by atoms with E-state index in [1.165, 1.54) is 16.3 Å². The van der Waals surface area contributed by atoms with Gasteiger partial charge in [0.05, 0.1) is 0 Å². The molecule has 0 saturated heterocycles. The molecule has 1 atom stereocenters. The van der Waals surface area contributed by atoms with Gasteiger partial charge in [0, 0.05) is 11.8 Å². The summed E-state index contributed by atoms with van der Waals surface area (Å²) in [5.41, 5.74) is 1.39. The van der Waals surface area contributed by atoms with Crippen LogP contribution in [0.25, 0.3) is 10.8 Å². The first-order valence-corrected chi connectivity index (χ1v) is 7.45. The van der Waals surface area contributed by atoms with Crippen LogP contribution >= 0.6 is 11.8 Å². The number of nitrogens with one attached hydrogen (secondary N) is 1.